The van der Waals surface area contributed by atoms with Gasteiger partial charge in [0.2, 0.25) is 0 Å². The minimum atomic E-state index is 0.0180. The lowest BCUT2D eigenvalue weighted by Crippen LogP contribution is -2.53. The molecule has 2 fully saturated rings. The Bertz CT molecular complexity index is 936. The van der Waals surface area contributed by atoms with Crippen LogP contribution in [0.4, 0.5) is 10.6 Å². The summed E-state index contributed by atoms with van der Waals surface area (Å²) in [5, 5.41) is 3.74. The number of halogens is 1. The van der Waals surface area contributed by atoms with Gasteiger partial charge in [-0.25, -0.2) is 14.8 Å². The molecule has 0 unspecified atom stereocenters. The SMILES string of the molecule is CCc1nc(C2CC2)nc(N2CCN(C(=O)NC(C)C)CC2)c1Cc1cccc(Cl)c1. The van der Waals surface area contributed by atoms with E-state index < -0.39 is 0 Å². The van der Waals surface area contributed by atoms with Crippen LogP contribution < -0.4 is 10.2 Å². The Morgan fingerprint density at radius 2 is 1.94 bits per heavy atom. The lowest BCUT2D eigenvalue weighted by atomic mass is 10.0. The number of rotatable bonds is 6. The van der Waals surface area contributed by atoms with Gasteiger partial charge in [-0.3, -0.25) is 0 Å². The lowest BCUT2D eigenvalue weighted by molar-refractivity contribution is 0.191. The number of nitrogens with zero attached hydrogens (tertiary/aromatic N) is 4. The summed E-state index contributed by atoms with van der Waals surface area (Å²) in [6, 6.07) is 8.19. The number of urea groups is 1. The molecule has 0 spiro atoms. The molecule has 2 aliphatic rings. The zero-order valence-corrected chi connectivity index (χ0v) is 19.5. The van der Waals surface area contributed by atoms with Crippen molar-refractivity contribution in [2.45, 2.75) is 58.4 Å². The van der Waals surface area contributed by atoms with Crippen LogP contribution in [0.25, 0.3) is 0 Å². The normalized spacial score (nSPS) is 16.7. The minimum Gasteiger partial charge on any atom is -0.353 e. The summed E-state index contributed by atoms with van der Waals surface area (Å²) in [5.74, 6) is 2.53. The second kappa shape index (κ2) is 9.43. The van der Waals surface area contributed by atoms with E-state index in [1.54, 1.807) is 0 Å². The molecule has 7 heteroatoms. The number of amides is 2. The molecule has 166 valence electrons. The summed E-state index contributed by atoms with van der Waals surface area (Å²) in [6.07, 6.45) is 4.00. The number of carbonyl (C=O) groups excluding carboxylic acids is 1. The van der Waals surface area contributed by atoms with Crippen LogP contribution in [0.1, 0.15) is 62.2 Å². The first-order valence-electron chi connectivity index (χ1n) is 11.4. The first-order valence-corrected chi connectivity index (χ1v) is 11.8. The van der Waals surface area contributed by atoms with Gasteiger partial charge >= 0.3 is 6.03 Å². The fourth-order valence-electron chi connectivity index (χ4n) is 4.11. The van der Waals surface area contributed by atoms with E-state index in [1.165, 1.54) is 24.0 Å². The first kappa shape index (κ1) is 21.9. The van der Waals surface area contributed by atoms with E-state index in [0.717, 1.165) is 48.3 Å². The zero-order chi connectivity index (χ0) is 22.0. The summed E-state index contributed by atoms with van der Waals surface area (Å²) in [6.45, 7) is 9.08. The summed E-state index contributed by atoms with van der Waals surface area (Å²) in [5.41, 5.74) is 3.49. The third-order valence-corrected chi connectivity index (χ3v) is 6.15. The van der Waals surface area contributed by atoms with E-state index >= 15 is 0 Å². The molecule has 1 N–H and O–H groups in total. The number of benzene rings is 1. The Hall–Kier alpha value is -2.34. The van der Waals surface area contributed by atoms with Crippen LogP contribution >= 0.6 is 11.6 Å². The summed E-state index contributed by atoms with van der Waals surface area (Å²) in [7, 11) is 0. The number of hydrogen-bond donors (Lipinski definition) is 1. The average molecular weight is 442 g/mol. The standard InChI is InChI=1S/C24H32ClN5O/c1-4-21-20(15-17-6-5-7-19(25)14-17)23(28-22(27-21)18-8-9-18)29-10-12-30(13-11-29)24(31)26-16(2)3/h5-7,14,16,18H,4,8-13,15H2,1-3H3,(H,26,31). The predicted molar refractivity (Wildman–Crippen MR) is 125 cm³/mol. The summed E-state index contributed by atoms with van der Waals surface area (Å²) < 4.78 is 0. The minimum absolute atomic E-state index is 0.0180. The Kier molecular flexibility index (Phi) is 6.65. The molecule has 1 aromatic heterocycles. The van der Waals surface area contributed by atoms with Crippen LogP contribution in [-0.4, -0.2) is 53.1 Å². The van der Waals surface area contributed by atoms with Crippen LogP contribution in [0.15, 0.2) is 24.3 Å². The smallest absolute Gasteiger partial charge is 0.317 e. The van der Waals surface area contributed by atoms with Gasteiger partial charge in [-0.2, -0.15) is 0 Å². The second-order valence-corrected chi connectivity index (χ2v) is 9.28. The van der Waals surface area contributed by atoms with Crippen LogP contribution in [0, 0.1) is 0 Å². The van der Waals surface area contributed by atoms with Crippen molar-refractivity contribution in [3.63, 3.8) is 0 Å². The van der Waals surface area contributed by atoms with Crippen molar-refractivity contribution in [2.75, 3.05) is 31.1 Å². The van der Waals surface area contributed by atoms with Crippen molar-refractivity contribution in [1.29, 1.82) is 0 Å². The largest absolute Gasteiger partial charge is 0.353 e. The average Bonchev–Trinajstić information content (AvgIpc) is 3.59. The highest BCUT2D eigenvalue weighted by atomic mass is 35.5. The molecular formula is C24H32ClN5O. The second-order valence-electron chi connectivity index (χ2n) is 8.84. The van der Waals surface area contributed by atoms with E-state index in [0.29, 0.717) is 19.0 Å². The van der Waals surface area contributed by atoms with Crippen LogP contribution in [0.2, 0.25) is 5.02 Å². The Balaban J connectivity index is 1.61. The van der Waals surface area contributed by atoms with Gasteiger partial charge in [-0.15, -0.1) is 0 Å². The molecule has 0 radical (unpaired) electrons. The molecule has 1 aromatic carbocycles. The monoisotopic (exact) mass is 441 g/mol. The molecule has 1 aliphatic carbocycles. The molecule has 1 aliphatic heterocycles. The molecule has 2 amide bonds. The fraction of sp³-hybridized carbons (Fsp3) is 0.542. The number of anilines is 1. The number of hydrogen-bond acceptors (Lipinski definition) is 4. The molecule has 1 saturated heterocycles. The van der Waals surface area contributed by atoms with Gasteiger partial charge in [0.15, 0.2) is 0 Å². The first-order chi connectivity index (χ1) is 14.9. The topological polar surface area (TPSA) is 61.4 Å². The summed E-state index contributed by atoms with van der Waals surface area (Å²) >= 11 is 6.24. The van der Waals surface area contributed by atoms with Gasteiger partial charge in [0.1, 0.15) is 11.6 Å². The van der Waals surface area contributed by atoms with E-state index in [-0.39, 0.29) is 12.1 Å². The fourth-order valence-corrected chi connectivity index (χ4v) is 4.32. The van der Waals surface area contributed by atoms with Gasteiger partial charge in [-0.05, 0) is 50.8 Å². The zero-order valence-electron chi connectivity index (χ0n) is 18.7. The van der Waals surface area contributed by atoms with Crippen LogP contribution in [0.3, 0.4) is 0 Å². The van der Waals surface area contributed by atoms with Gasteiger partial charge in [-0.1, -0.05) is 30.7 Å². The predicted octanol–water partition coefficient (Wildman–Crippen LogP) is 4.40. The van der Waals surface area contributed by atoms with Gasteiger partial charge in [0.05, 0.1) is 0 Å². The van der Waals surface area contributed by atoms with Gasteiger partial charge < -0.3 is 15.1 Å². The van der Waals surface area contributed by atoms with Crippen molar-refractivity contribution >= 4 is 23.4 Å². The molecule has 0 atom stereocenters. The van der Waals surface area contributed by atoms with Crippen molar-refractivity contribution in [3.05, 3.63) is 51.9 Å². The Morgan fingerprint density at radius 3 is 2.55 bits per heavy atom. The highest BCUT2D eigenvalue weighted by Gasteiger charge is 2.31. The maximum absolute atomic E-state index is 12.4. The Morgan fingerprint density at radius 1 is 1.19 bits per heavy atom. The highest BCUT2D eigenvalue weighted by Crippen LogP contribution is 2.40. The van der Waals surface area contributed by atoms with E-state index in [9.17, 15) is 4.79 Å². The lowest BCUT2D eigenvalue weighted by Gasteiger charge is -2.37. The summed E-state index contributed by atoms with van der Waals surface area (Å²) in [4.78, 5) is 26.7. The van der Waals surface area contributed by atoms with Gasteiger partial charge in [0, 0.05) is 60.8 Å². The van der Waals surface area contributed by atoms with Crippen LogP contribution in [-0.2, 0) is 12.8 Å². The number of carbonyl (C=O) groups is 1. The molecule has 31 heavy (non-hydrogen) atoms. The van der Waals surface area contributed by atoms with E-state index in [4.69, 9.17) is 21.6 Å². The highest BCUT2D eigenvalue weighted by molar-refractivity contribution is 6.30. The Labute approximate surface area is 190 Å². The molecule has 1 saturated carbocycles. The van der Waals surface area contributed by atoms with Crippen LogP contribution in [0.5, 0.6) is 0 Å². The molecule has 0 bridgehead atoms. The molecule has 2 heterocycles. The molecular weight excluding hydrogens is 410 g/mol. The maximum Gasteiger partial charge on any atom is 0.317 e. The molecule has 2 aromatic rings. The molecule has 6 nitrogen and oxygen atoms in total. The maximum atomic E-state index is 12.4. The third-order valence-electron chi connectivity index (χ3n) is 5.91. The number of piperazine rings is 1. The van der Waals surface area contributed by atoms with Gasteiger partial charge in [0.25, 0.3) is 0 Å². The number of aryl methyl sites for hydroxylation is 1. The van der Waals surface area contributed by atoms with Crippen molar-refractivity contribution in [3.8, 4) is 0 Å². The number of aromatic nitrogens is 2. The van der Waals surface area contributed by atoms with Crippen molar-refractivity contribution < 1.29 is 4.79 Å². The quantitative estimate of drug-likeness (QED) is 0.721. The van der Waals surface area contributed by atoms with Crippen molar-refractivity contribution in [2.24, 2.45) is 0 Å². The van der Waals surface area contributed by atoms with E-state index in [2.05, 4.69) is 23.2 Å². The van der Waals surface area contributed by atoms with Crippen molar-refractivity contribution in [1.82, 2.24) is 20.2 Å². The third kappa shape index (κ3) is 5.29. The number of nitrogens with one attached hydrogen (secondary N) is 1. The molecule has 4 rings (SSSR count). The van der Waals surface area contributed by atoms with E-state index in [1.807, 2.05) is 36.9 Å².